The van der Waals surface area contributed by atoms with Gasteiger partial charge in [0.25, 0.3) is 5.91 Å². The van der Waals surface area contributed by atoms with Crippen molar-refractivity contribution in [1.29, 1.82) is 0 Å². The number of halogens is 4. The molecular weight excluding hydrogens is 458 g/mol. The minimum atomic E-state index is -0.682. The normalized spacial score (nSPS) is 18.1. The zero-order valence-corrected chi connectivity index (χ0v) is 18.4. The van der Waals surface area contributed by atoms with Gasteiger partial charge in [-0.15, -0.1) is 0 Å². The van der Waals surface area contributed by atoms with E-state index in [1.165, 1.54) is 0 Å². The predicted octanol–water partition coefficient (Wildman–Crippen LogP) is 6.84. The maximum absolute atomic E-state index is 13.4. The van der Waals surface area contributed by atoms with Gasteiger partial charge in [-0.2, -0.15) is 0 Å². The Morgan fingerprint density at radius 1 is 0.964 bits per heavy atom. The lowest BCUT2D eigenvalue weighted by Crippen LogP contribution is -2.48. The summed E-state index contributed by atoms with van der Waals surface area (Å²) in [5.74, 6) is -0.241. The first kappa shape index (κ1) is 20.1. The fourth-order valence-corrected chi connectivity index (χ4v) is 4.98. The molecule has 3 nitrogen and oxygen atoms in total. The molecule has 1 heterocycles. The van der Waals surface area contributed by atoms with Crippen molar-refractivity contribution in [3.63, 3.8) is 0 Å². The Labute approximate surface area is 188 Å². The van der Waals surface area contributed by atoms with E-state index in [4.69, 9.17) is 63.6 Å². The molecule has 8 heteroatoms. The van der Waals surface area contributed by atoms with Gasteiger partial charge in [0, 0.05) is 16.1 Å². The van der Waals surface area contributed by atoms with Crippen LogP contribution in [0.15, 0.2) is 41.4 Å². The van der Waals surface area contributed by atoms with Crippen LogP contribution in [-0.2, 0) is 0 Å². The van der Waals surface area contributed by atoms with Gasteiger partial charge in [0.05, 0.1) is 15.1 Å². The van der Waals surface area contributed by atoms with Crippen molar-refractivity contribution < 1.29 is 4.79 Å². The molecule has 1 aliphatic carbocycles. The third-order valence-electron chi connectivity index (χ3n) is 5.10. The molecule has 0 radical (unpaired) electrons. The molecule has 0 aromatic heterocycles. The average molecular weight is 472 g/mol. The maximum Gasteiger partial charge on any atom is 0.261 e. The van der Waals surface area contributed by atoms with Crippen molar-refractivity contribution >= 4 is 75.2 Å². The second-order valence-corrected chi connectivity index (χ2v) is 8.89. The van der Waals surface area contributed by atoms with Crippen LogP contribution in [0.4, 0.5) is 0 Å². The summed E-state index contributed by atoms with van der Waals surface area (Å²) >= 11 is 30.2. The van der Waals surface area contributed by atoms with E-state index >= 15 is 0 Å². The van der Waals surface area contributed by atoms with E-state index in [1.807, 2.05) is 0 Å². The lowest BCUT2D eigenvalue weighted by atomic mass is 10.1. The Kier molecular flexibility index (Phi) is 5.45. The summed E-state index contributed by atoms with van der Waals surface area (Å²) < 4.78 is 0. The number of carbonyl (C=O) groups is 1. The zero-order valence-electron chi connectivity index (χ0n) is 14.5. The highest BCUT2D eigenvalue weighted by Gasteiger charge is 2.50. The highest BCUT2D eigenvalue weighted by atomic mass is 35.5. The van der Waals surface area contributed by atoms with Crippen molar-refractivity contribution in [1.82, 2.24) is 4.90 Å². The second-order valence-electron chi connectivity index (χ2n) is 6.85. The van der Waals surface area contributed by atoms with Crippen LogP contribution in [0.1, 0.15) is 41.6 Å². The van der Waals surface area contributed by atoms with Crippen LogP contribution < -0.4 is 0 Å². The van der Waals surface area contributed by atoms with Crippen molar-refractivity contribution in [3.8, 4) is 0 Å². The number of thiocarbonyl (C=S) groups is 1. The number of nitrogens with zero attached hydrogens (tertiary/aromatic N) is 2. The van der Waals surface area contributed by atoms with Gasteiger partial charge < -0.3 is 0 Å². The minimum absolute atomic E-state index is 0.241. The lowest BCUT2D eigenvalue weighted by molar-refractivity contribution is 0.0724. The molecule has 0 bridgehead atoms. The highest BCUT2D eigenvalue weighted by molar-refractivity contribution is 7.82. The number of rotatable bonds is 2. The van der Waals surface area contributed by atoms with Crippen LogP contribution in [0.3, 0.4) is 0 Å². The van der Waals surface area contributed by atoms with Gasteiger partial charge in [0.1, 0.15) is 16.4 Å². The predicted molar refractivity (Wildman–Crippen MR) is 119 cm³/mol. The van der Waals surface area contributed by atoms with Crippen LogP contribution in [0.5, 0.6) is 0 Å². The first-order valence-electron chi connectivity index (χ1n) is 8.72. The van der Waals surface area contributed by atoms with Crippen molar-refractivity contribution in [3.05, 3.63) is 67.6 Å². The molecule has 1 spiro atoms. The lowest BCUT2D eigenvalue weighted by Gasteiger charge is -2.32. The summed E-state index contributed by atoms with van der Waals surface area (Å²) in [6, 6.07) is 9.98. The molecule has 2 aliphatic rings. The van der Waals surface area contributed by atoms with Crippen LogP contribution in [0.25, 0.3) is 0 Å². The van der Waals surface area contributed by atoms with E-state index in [0.29, 0.717) is 41.9 Å². The Balaban J connectivity index is 1.78. The largest absolute Gasteiger partial charge is 0.271 e. The number of carbonyl (C=O) groups excluding carboxylic acids is 1. The summed E-state index contributed by atoms with van der Waals surface area (Å²) in [6.07, 6.45) is 3.43. The number of hydrogen-bond acceptors (Lipinski definition) is 3. The topological polar surface area (TPSA) is 32.7 Å². The molecule has 1 saturated carbocycles. The molecule has 0 unspecified atom stereocenters. The molecule has 1 fully saturated rings. The Hall–Kier alpha value is -1.17. The second kappa shape index (κ2) is 7.58. The monoisotopic (exact) mass is 470 g/mol. The van der Waals surface area contributed by atoms with Crippen LogP contribution in [0, 0.1) is 0 Å². The zero-order chi connectivity index (χ0) is 20.1. The summed E-state index contributed by atoms with van der Waals surface area (Å²) in [7, 11) is 0. The molecule has 1 amide bonds. The van der Waals surface area contributed by atoms with Gasteiger partial charge in [-0.25, -0.2) is 0 Å². The Morgan fingerprint density at radius 2 is 1.68 bits per heavy atom. The number of benzene rings is 2. The van der Waals surface area contributed by atoms with E-state index < -0.39 is 5.66 Å². The van der Waals surface area contributed by atoms with Crippen LogP contribution in [-0.4, -0.2) is 27.2 Å². The molecular formula is C20H14Cl4N2OS. The van der Waals surface area contributed by atoms with Crippen LogP contribution >= 0.6 is 58.6 Å². The molecule has 2 aromatic rings. The summed E-state index contributed by atoms with van der Waals surface area (Å²) in [6.45, 7) is 0. The first-order chi connectivity index (χ1) is 13.3. The molecule has 0 saturated heterocycles. The molecule has 28 heavy (non-hydrogen) atoms. The van der Waals surface area contributed by atoms with Gasteiger partial charge in [0.15, 0.2) is 0 Å². The summed E-state index contributed by atoms with van der Waals surface area (Å²) in [5.41, 5.74) is 0.957. The molecule has 1 aliphatic heterocycles. The van der Waals surface area contributed by atoms with Gasteiger partial charge in [-0.05, 0) is 62.1 Å². The SMILES string of the molecule is O=C(c1ccc(Cl)c(Cl)c1)N1C(=S)C(c2ccc(Cl)cc2Cl)=NC12CCCC2. The standard InChI is InChI=1S/C20H14Cl4N2OS/c21-12-4-5-13(15(23)10-12)17-19(28)26(20(25-17)7-1-2-8-20)18(27)11-3-6-14(22)16(24)9-11/h3-6,9-10H,1-2,7-8H2. The average Bonchev–Trinajstić information content (AvgIpc) is 3.22. The van der Waals surface area contributed by atoms with E-state index in [-0.39, 0.29) is 5.91 Å². The smallest absolute Gasteiger partial charge is 0.261 e. The number of hydrogen-bond donors (Lipinski definition) is 0. The Bertz CT molecular complexity index is 1030. The third-order valence-corrected chi connectivity index (χ3v) is 6.76. The fraction of sp³-hybridized carbons (Fsp3) is 0.250. The van der Waals surface area contributed by atoms with Crippen molar-refractivity contribution in [2.24, 2.45) is 4.99 Å². The Morgan fingerprint density at radius 3 is 2.32 bits per heavy atom. The van der Waals surface area contributed by atoms with E-state index in [9.17, 15) is 4.79 Å². The fourth-order valence-electron chi connectivity index (χ4n) is 3.77. The summed E-state index contributed by atoms with van der Waals surface area (Å²) in [5, 5.41) is 1.69. The molecule has 4 rings (SSSR count). The van der Waals surface area contributed by atoms with E-state index in [2.05, 4.69) is 0 Å². The minimum Gasteiger partial charge on any atom is -0.271 e. The maximum atomic E-state index is 13.4. The number of aliphatic imine (C=N–C) groups is 1. The van der Waals surface area contributed by atoms with E-state index in [0.717, 1.165) is 25.7 Å². The highest BCUT2D eigenvalue weighted by Crippen LogP contribution is 2.43. The summed E-state index contributed by atoms with van der Waals surface area (Å²) in [4.78, 5) is 20.3. The number of amides is 1. The quantitative estimate of drug-likeness (QED) is 0.449. The van der Waals surface area contributed by atoms with Gasteiger partial charge in [-0.1, -0.05) is 58.6 Å². The van der Waals surface area contributed by atoms with E-state index in [1.54, 1.807) is 41.3 Å². The molecule has 2 aromatic carbocycles. The van der Waals surface area contributed by atoms with Gasteiger partial charge in [0.2, 0.25) is 0 Å². The van der Waals surface area contributed by atoms with Crippen molar-refractivity contribution in [2.75, 3.05) is 0 Å². The van der Waals surface area contributed by atoms with Gasteiger partial charge in [-0.3, -0.25) is 14.7 Å². The van der Waals surface area contributed by atoms with Crippen molar-refractivity contribution in [2.45, 2.75) is 31.3 Å². The molecule has 0 N–H and O–H groups in total. The third kappa shape index (κ3) is 3.35. The molecule has 0 atom stereocenters. The first-order valence-corrected chi connectivity index (χ1v) is 10.6. The van der Waals surface area contributed by atoms with Gasteiger partial charge >= 0.3 is 0 Å². The molecule has 144 valence electrons. The van der Waals surface area contributed by atoms with Crippen LogP contribution in [0.2, 0.25) is 20.1 Å².